The van der Waals surface area contributed by atoms with Crippen molar-refractivity contribution in [2.45, 2.75) is 46.1 Å². The Morgan fingerprint density at radius 3 is 2.95 bits per heavy atom. The molecule has 1 aromatic heterocycles. The molecular formula is C16H28N2S. The lowest BCUT2D eigenvalue weighted by Crippen LogP contribution is -2.34. The Morgan fingerprint density at radius 2 is 2.21 bits per heavy atom. The SMILES string of the molecule is CC(NCCN1CCCC(C)(C)CC1)c1cccs1. The predicted molar refractivity (Wildman–Crippen MR) is 84.8 cm³/mol. The lowest BCUT2D eigenvalue weighted by molar-refractivity contribution is 0.260. The highest BCUT2D eigenvalue weighted by Crippen LogP contribution is 2.29. The Kier molecular flexibility index (Phi) is 5.43. The number of rotatable bonds is 5. The van der Waals surface area contributed by atoms with E-state index in [1.54, 1.807) is 0 Å². The van der Waals surface area contributed by atoms with Crippen LogP contribution in [0.4, 0.5) is 0 Å². The smallest absolute Gasteiger partial charge is 0.0386 e. The van der Waals surface area contributed by atoms with E-state index in [0.717, 1.165) is 6.54 Å². The number of hydrogen-bond acceptors (Lipinski definition) is 3. The molecule has 108 valence electrons. The Balaban J connectivity index is 1.68. The van der Waals surface area contributed by atoms with E-state index in [4.69, 9.17) is 0 Å². The van der Waals surface area contributed by atoms with Crippen LogP contribution in [-0.4, -0.2) is 31.1 Å². The second-order valence-corrected chi connectivity index (χ2v) is 7.53. The number of hydrogen-bond donors (Lipinski definition) is 1. The topological polar surface area (TPSA) is 15.3 Å². The Labute approximate surface area is 122 Å². The molecule has 1 unspecified atom stereocenters. The molecule has 1 fully saturated rings. The molecule has 0 bridgehead atoms. The average Bonchev–Trinajstić information content (AvgIpc) is 2.83. The highest BCUT2D eigenvalue weighted by Gasteiger charge is 2.22. The van der Waals surface area contributed by atoms with Crippen LogP contribution in [0.2, 0.25) is 0 Å². The van der Waals surface area contributed by atoms with Gasteiger partial charge in [-0.3, -0.25) is 0 Å². The van der Waals surface area contributed by atoms with Crippen LogP contribution >= 0.6 is 11.3 Å². The van der Waals surface area contributed by atoms with Crippen molar-refractivity contribution in [3.63, 3.8) is 0 Å². The molecule has 1 atom stereocenters. The number of thiophene rings is 1. The fourth-order valence-corrected chi connectivity index (χ4v) is 3.54. The van der Waals surface area contributed by atoms with Gasteiger partial charge >= 0.3 is 0 Å². The van der Waals surface area contributed by atoms with Gasteiger partial charge in [-0.1, -0.05) is 19.9 Å². The molecular weight excluding hydrogens is 252 g/mol. The van der Waals surface area contributed by atoms with Crippen molar-refractivity contribution in [2.75, 3.05) is 26.2 Å². The van der Waals surface area contributed by atoms with Gasteiger partial charge < -0.3 is 10.2 Å². The first-order valence-electron chi connectivity index (χ1n) is 7.56. The summed E-state index contributed by atoms with van der Waals surface area (Å²) in [5, 5.41) is 5.80. The average molecular weight is 280 g/mol. The molecule has 0 aliphatic carbocycles. The summed E-state index contributed by atoms with van der Waals surface area (Å²) in [5.74, 6) is 0. The van der Waals surface area contributed by atoms with Gasteiger partial charge in [-0.05, 0) is 56.1 Å². The van der Waals surface area contributed by atoms with Gasteiger partial charge in [0.1, 0.15) is 0 Å². The van der Waals surface area contributed by atoms with Gasteiger partial charge in [0.2, 0.25) is 0 Å². The van der Waals surface area contributed by atoms with Crippen LogP contribution in [0.25, 0.3) is 0 Å². The summed E-state index contributed by atoms with van der Waals surface area (Å²) in [7, 11) is 0. The summed E-state index contributed by atoms with van der Waals surface area (Å²) in [6.07, 6.45) is 4.07. The molecule has 19 heavy (non-hydrogen) atoms. The highest BCUT2D eigenvalue weighted by atomic mass is 32.1. The fourth-order valence-electron chi connectivity index (χ4n) is 2.78. The molecule has 2 rings (SSSR count). The third kappa shape index (κ3) is 4.90. The van der Waals surface area contributed by atoms with Crippen LogP contribution in [0, 0.1) is 5.41 Å². The van der Waals surface area contributed by atoms with Crippen LogP contribution in [0.3, 0.4) is 0 Å². The summed E-state index contributed by atoms with van der Waals surface area (Å²) < 4.78 is 0. The van der Waals surface area contributed by atoms with E-state index in [9.17, 15) is 0 Å². The Morgan fingerprint density at radius 1 is 1.37 bits per heavy atom. The molecule has 0 saturated carbocycles. The summed E-state index contributed by atoms with van der Waals surface area (Å²) >= 11 is 1.84. The molecule has 1 aromatic rings. The lowest BCUT2D eigenvalue weighted by Gasteiger charge is -2.24. The molecule has 3 heteroatoms. The number of nitrogens with one attached hydrogen (secondary N) is 1. The molecule has 2 nitrogen and oxygen atoms in total. The first-order valence-corrected chi connectivity index (χ1v) is 8.44. The molecule has 0 aromatic carbocycles. The van der Waals surface area contributed by atoms with Crippen molar-refractivity contribution >= 4 is 11.3 Å². The van der Waals surface area contributed by atoms with Gasteiger partial charge in [0.15, 0.2) is 0 Å². The molecule has 0 radical (unpaired) electrons. The predicted octanol–water partition coefficient (Wildman–Crippen LogP) is 3.91. The van der Waals surface area contributed by atoms with E-state index in [1.807, 2.05) is 11.3 Å². The van der Waals surface area contributed by atoms with E-state index in [0.29, 0.717) is 11.5 Å². The van der Waals surface area contributed by atoms with Crippen LogP contribution in [0.5, 0.6) is 0 Å². The van der Waals surface area contributed by atoms with Crippen molar-refractivity contribution in [1.82, 2.24) is 10.2 Å². The summed E-state index contributed by atoms with van der Waals surface area (Å²) in [5.41, 5.74) is 0.548. The van der Waals surface area contributed by atoms with E-state index < -0.39 is 0 Å². The van der Waals surface area contributed by atoms with Crippen LogP contribution in [0.15, 0.2) is 17.5 Å². The maximum absolute atomic E-state index is 3.64. The van der Waals surface area contributed by atoms with Gasteiger partial charge in [-0.2, -0.15) is 0 Å². The minimum Gasteiger partial charge on any atom is -0.308 e. The Bertz CT molecular complexity index is 359. The van der Waals surface area contributed by atoms with Crippen molar-refractivity contribution in [3.05, 3.63) is 22.4 Å². The van der Waals surface area contributed by atoms with Gasteiger partial charge in [-0.25, -0.2) is 0 Å². The largest absolute Gasteiger partial charge is 0.308 e. The molecule has 0 spiro atoms. The quantitative estimate of drug-likeness (QED) is 0.879. The molecule has 2 heterocycles. The van der Waals surface area contributed by atoms with Crippen molar-refractivity contribution in [1.29, 1.82) is 0 Å². The van der Waals surface area contributed by atoms with Crippen LogP contribution in [-0.2, 0) is 0 Å². The summed E-state index contributed by atoms with van der Waals surface area (Å²) in [6.45, 7) is 11.9. The van der Waals surface area contributed by atoms with Crippen LogP contribution < -0.4 is 5.32 Å². The highest BCUT2D eigenvalue weighted by molar-refractivity contribution is 7.10. The third-order valence-electron chi connectivity index (χ3n) is 4.28. The monoisotopic (exact) mass is 280 g/mol. The van der Waals surface area contributed by atoms with Gasteiger partial charge in [-0.15, -0.1) is 11.3 Å². The van der Waals surface area contributed by atoms with Crippen molar-refractivity contribution in [2.24, 2.45) is 5.41 Å². The zero-order valence-electron chi connectivity index (χ0n) is 12.6. The number of nitrogens with zero attached hydrogens (tertiary/aromatic N) is 1. The first-order chi connectivity index (χ1) is 9.07. The second kappa shape index (κ2) is 6.87. The maximum atomic E-state index is 3.64. The molecule has 0 amide bonds. The zero-order chi connectivity index (χ0) is 13.7. The lowest BCUT2D eigenvalue weighted by atomic mass is 9.85. The zero-order valence-corrected chi connectivity index (χ0v) is 13.4. The molecule has 1 N–H and O–H groups in total. The van der Waals surface area contributed by atoms with Crippen molar-refractivity contribution < 1.29 is 0 Å². The standard InChI is InChI=1S/C16H28N2S/c1-14(15-6-4-13-19-15)17-9-12-18-10-5-7-16(2,3)8-11-18/h4,6,13-14,17H,5,7-12H2,1-3H3. The van der Waals surface area contributed by atoms with E-state index in [2.05, 4.69) is 48.5 Å². The van der Waals surface area contributed by atoms with Gasteiger partial charge in [0, 0.05) is 24.0 Å². The van der Waals surface area contributed by atoms with Crippen molar-refractivity contribution in [3.8, 4) is 0 Å². The molecule has 1 aliphatic heterocycles. The minimum absolute atomic E-state index is 0.489. The minimum atomic E-state index is 0.489. The van der Waals surface area contributed by atoms with Gasteiger partial charge in [0.05, 0.1) is 0 Å². The van der Waals surface area contributed by atoms with Crippen LogP contribution in [0.1, 0.15) is 51.0 Å². The molecule has 1 aliphatic rings. The first kappa shape index (κ1) is 15.0. The number of likely N-dealkylation sites (tertiary alicyclic amines) is 1. The van der Waals surface area contributed by atoms with Gasteiger partial charge in [0.25, 0.3) is 0 Å². The van der Waals surface area contributed by atoms with E-state index in [1.165, 1.54) is 43.8 Å². The fraction of sp³-hybridized carbons (Fsp3) is 0.750. The summed E-state index contributed by atoms with van der Waals surface area (Å²) in [6, 6.07) is 4.84. The normalized spacial score (nSPS) is 22.1. The Hall–Kier alpha value is -0.380. The maximum Gasteiger partial charge on any atom is 0.0386 e. The van der Waals surface area contributed by atoms with E-state index >= 15 is 0 Å². The molecule has 1 saturated heterocycles. The second-order valence-electron chi connectivity index (χ2n) is 6.55. The van der Waals surface area contributed by atoms with E-state index in [-0.39, 0.29) is 0 Å². The summed E-state index contributed by atoms with van der Waals surface area (Å²) in [4.78, 5) is 4.07. The third-order valence-corrected chi connectivity index (χ3v) is 5.34.